The lowest BCUT2D eigenvalue weighted by Crippen LogP contribution is -2.31. The van der Waals surface area contributed by atoms with Crippen LogP contribution in [0.3, 0.4) is 0 Å². The van der Waals surface area contributed by atoms with E-state index in [2.05, 4.69) is 10.3 Å². The van der Waals surface area contributed by atoms with E-state index in [0.717, 1.165) is 23.6 Å². The summed E-state index contributed by atoms with van der Waals surface area (Å²) in [4.78, 5) is 4.21. The van der Waals surface area contributed by atoms with Gasteiger partial charge in [-0.1, -0.05) is 12.1 Å². The smallest absolute Gasteiger partial charge is 0.231 e. The van der Waals surface area contributed by atoms with Gasteiger partial charge < -0.3 is 20.5 Å². The summed E-state index contributed by atoms with van der Waals surface area (Å²) in [6, 6.07) is 5.75. The van der Waals surface area contributed by atoms with E-state index in [1.807, 2.05) is 25.1 Å². The Kier molecular flexibility index (Phi) is 3.14. The fourth-order valence-corrected chi connectivity index (χ4v) is 1.52. The maximum Gasteiger partial charge on any atom is 0.231 e. The molecule has 1 aliphatic heterocycles. The van der Waals surface area contributed by atoms with Crippen molar-refractivity contribution in [1.29, 1.82) is 0 Å². The van der Waals surface area contributed by atoms with Crippen LogP contribution in [-0.4, -0.2) is 19.3 Å². The first-order chi connectivity index (χ1) is 7.81. The van der Waals surface area contributed by atoms with E-state index in [1.165, 1.54) is 0 Å². The van der Waals surface area contributed by atoms with E-state index >= 15 is 0 Å². The molecule has 0 aliphatic carbocycles. The third-order valence-corrected chi connectivity index (χ3v) is 2.26. The molecule has 0 saturated heterocycles. The second-order valence-corrected chi connectivity index (χ2v) is 3.38. The van der Waals surface area contributed by atoms with Gasteiger partial charge in [0.05, 0.1) is 6.54 Å². The zero-order chi connectivity index (χ0) is 11.4. The molecule has 0 aromatic heterocycles. The van der Waals surface area contributed by atoms with Gasteiger partial charge in [0.2, 0.25) is 6.79 Å². The van der Waals surface area contributed by atoms with Crippen LogP contribution in [0.2, 0.25) is 0 Å². The summed E-state index contributed by atoms with van der Waals surface area (Å²) in [7, 11) is 0. The maximum atomic E-state index is 5.64. The highest BCUT2D eigenvalue weighted by molar-refractivity contribution is 5.77. The Labute approximate surface area is 94.3 Å². The number of aliphatic imine (C=N–C) groups is 1. The average Bonchev–Trinajstić information content (AvgIpc) is 2.75. The van der Waals surface area contributed by atoms with E-state index in [-0.39, 0.29) is 6.79 Å². The fourth-order valence-electron chi connectivity index (χ4n) is 1.52. The Bertz CT molecular complexity index is 404. The highest BCUT2D eigenvalue weighted by Crippen LogP contribution is 2.35. The minimum atomic E-state index is 0.277. The number of rotatable bonds is 3. The van der Waals surface area contributed by atoms with E-state index in [4.69, 9.17) is 15.2 Å². The van der Waals surface area contributed by atoms with Crippen molar-refractivity contribution in [2.75, 3.05) is 13.3 Å². The molecule has 2 rings (SSSR count). The summed E-state index contributed by atoms with van der Waals surface area (Å²) >= 11 is 0. The SMILES string of the molecule is CCNC(N)=NCc1cccc2c1OCO2. The van der Waals surface area contributed by atoms with Crippen LogP contribution >= 0.6 is 0 Å². The molecule has 1 heterocycles. The van der Waals surface area contributed by atoms with Crippen LogP contribution in [0.25, 0.3) is 0 Å². The molecular weight excluding hydrogens is 206 g/mol. The zero-order valence-electron chi connectivity index (χ0n) is 9.19. The van der Waals surface area contributed by atoms with Crippen LogP contribution in [0.4, 0.5) is 0 Å². The standard InChI is InChI=1S/C11H15N3O2/c1-2-13-11(12)14-6-8-4-3-5-9-10(8)16-7-15-9/h3-5H,2,6-7H2,1H3,(H3,12,13,14). The number of hydrogen-bond donors (Lipinski definition) is 2. The van der Waals surface area contributed by atoms with Crippen LogP contribution in [0.5, 0.6) is 11.5 Å². The van der Waals surface area contributed by atoms with Crippen molar-refractivity contribution in [3.05, 3.63) is 23.8 Å². The largest absolute Gasteiger partial charge is 0.454 e. The number of para-hydroxylation sites is 1. The van der Waals surface area contributed by atoms with Gasteiger partial charge in [0.15, 0.2) is 17.5 Å². The number of nitrogens with zero attached hydrogens (tertiary/aromatic N) is 1. The molecule has 0 radical (unpaired) electrons. The minimum Gasteiger partial charge on any atom is -0.454 e. The highest BCUT2D eigenvalue weighted by Gasteiger charge is 2.16. The lowest BCUT2D eigenvalue weighted by atomic mass is 10.2. The molecule has 0 unspecified atom stereocenters. The average molecular weight is 221 g/mol. The monoisotopic (exact) mass is 221 g/mol. The Balaban J connectivity index is 2.11. The first-order valence-corrected chi connectivity index (χ1v) is 5.22. The Morgan fingerprint density at radius 1 is 1.50 bits per heavy atom. The molecule has 1 aliphatic rings. The lowest BCUT2D eigenvalue weighted by Gasteiger charge is -2.04. The van der Waals surface area contributed by atoms with Crippen molar-refractivity contribution in [3.8, 4) is 11.5 Å². The molecule has 0 atom stereocenters. The molecular formula is C11H15N3O2. The molecule has 1 aromatic rings. The molecule has 3 N–H and O–H groups in total. The quantitative estimate of drug-likeness (QED) is 0.586. The van der Waals surface area contributed by atoms with Crippen molar-refractivity contribution in [2.45, 2.75) is 13.5 Å². The zero-order valence-corrected chi connectivity index (χ0v) is 9.19. The Hall–Kier alpha value is -1.91. The topological polar surface area (TPSA) is 68.9 Å². The molecule has 1 aromatic carbocycles. The maximum absolute atomic E-state index is 5.64. The number of guanidine groups is 1. The van der Waals surface area contributed by atoms with Crippen LogP contribution < -0.4 is 20.5 Å². The van der Waals surface area contributed by atoms with Gasteiger partial charge in [-0.2, -0.15) is 0 Å². The van der Waals surface area contributed by atoms with Crippen LogP contribution in [0, 0.1) is 0 Å². The van der Waals surface area contributed by atoms with E-state index in [0.29, 0.717) is 12.5 Å². The predicted octanol–water partition coefficient (Wildman–Crippen LogP) is 0.839. The second-order valence-electron chi connectivity index (χ2n) is 3.38. The first-order valence-electron chi connectivity index (χ1n) is 5.22. The molecule has 86 valence electrons. The summed E-state index contributed by atoms with van der Waals surface area (Å²) in [5, 5.41) is 2.94. The Morgan fingerprint density at radius 3 is 3.19 bits per heavy atom. The van der Waals surface area contributed by atoms with Crippen molar-refractivity contribution in [2.24, 2.45) is 10.7 Å². The van der Waals surface area contributed by atoms with Crippen LogP contribution in [-0.2, 0) is 6.54 Å². The number of nitrogens with one attached hydrogen (secondary N) is 1. The van der Waals surface area contributed by atoms with Gasteiger partial charge in [-0.15, -0.1) is 0 Å². The number of ether oxygens (including phenoxy) is 2. The predicted molar refractivity (Wildman–Crippen MR) is 61.6 cm³/mol. The fraction of sp³-hybridized carbons (Fsp3) is 0.364. The van der Waals surface area contributed by atoms with E-state index in [9.17, 15) is 0 Å². The third-order valence-electron chi connectivity index (χ3n) is 2.26. The van der Waals surface area contributed by atoms with Gasteiger partial charge in [0, 0.05) is 12.1 Å². The highest BCUT2D eigenvalue weighted by atomic mass is 16.7. The van der Waals surface area contributed by atoms with Gasteiger partial charge in [0.1, 0.15) is 0 Å². The van der Waals surface area contributed by atoms with Crippen molar-refractivity contribution < 1.29 is 9.47 Å². The van der Waals surface area contributed by atoms with Gasteiger partial charge in [0.25, 0.3) is 0 Å². The Morgan fingerprint density at radius 2 is 2.38 bits per heavy atom. The van der Waals surface area contributed by atoms with Gasteiger partial charge in [-0.25, -0.2) is 4.99 Å². The number of benzene rings is 1. The van der Waals surface area contributed by atoms with Gasteiger partial charge in [-0.05, 0) is 13.0 Å². The van der Waals surface area contributed by atoms with Crippen LogP contribution in [0.1, 0.15) is 12.5 Å². The number of fused-ring (bicyclic) bond motifs is 1. The summed E-state index contributed by atoms with van der Waals surface area (Å²) in [5.74, 6) is 1.99. The molecule has 0 bridgehead atoms. The van der Waals surface area contributed by atoms with Gasteiger partial charge in [-0.3, -0.25) is 0 Å². The summed E-state index contributed by atoms with van der Waals surface area (Å²) in [6.07, 6.45) is 0. The van der Waals surface area contributed by atoms with Crippen LogP contribution in [0.15, 0.2) is 23.2 Å². The summed E-state index contributed by atoms with van der Waals surface area (Å²) in [6.45, 7) is 3.51. The normalized spacial score (nSPS) is 13.9. The molecule has 5 nitrogen and oxygen atoms in total. The number of nitrogens with two attached hydrogens (primary N) is 1. The lowest BCUT2D eigenvalue weighted by molar-refractivity contribution is 0.173. The number of hydrogen-bond acceptors (Lipinski definition) is 3. The first kappa shape index (κ1) is 10.6. The molecule has 0 spiro atoms. The van der Waals surface area contributed by atoms with Crippen molar-refractivity contribution in [3.63, 3.8) is 0 Å². The van der Waals surface area contributed by atoms with Crippen molar-refractivity contribution >= 4 is 5.96 Å². The van der Waals surface area contributed by atoms with E-state index < -0.39 is 0 Å². The van der Waals surface area contributed by atoms with E-state index in [1.54, 1.807) is 0 Å². The molecule has 0 fully saturated rings. The molecule has 5 heteroatoms. The minimum absolute atomic E-state index is 0.277. The van der Waals surface area contributed by atoms with Crippen molar-refractivity contribution in [1.82, 2.24) is 5.32 Å². The second kappa shape index (κ2) is 4.74. The summed E-state index contributed by atoms with van der Waals surface area (Å²) in [5.41, 5.74) is 6.63. The molecule has 16 heavy (non-hydrogen) atoms. The van der Waals surface area contributed by atoms with Gasteiger partial charge >= 0.3 is 0 Å². The third kappa shape index (κ3) is 2.18. The molecule has 0 saturated carbocycles. The summed E-state index contributed by atoms with van der Waals surface area (Å²) < 4.78 is 10.6. The molecule has 0 amide bonds.